The summed E-state index contributed by atoms with van der Waals surface area (Å²) in [4.78, 5) is 12.2. The largest absolute Gasteiger partial charge is 0.497 e. The first kappa shape index (κ1) is 19.6. The van der Waals surface area contributed by atoms with Gasteiger partial charge >= 0.3 is 0 Å². The van der Waals surface area contributed by atoms with Gasteiger partial charge in [0.05, 0.1) is 7.11 Å². The highest BCUT2D eigenvalue weighted by Crippen LogP contribution is 2.13. The SMILES string of the molecule is COc1ccc(CNc2ccc(C(=O)NCCc3ccc(Cl)cc3)nn2)cc1. The molecule has 1 heterocycles. The van der Waals surface area contributed by atoms with E-state index in [4.69, 9.17) is 16.3 Å². The van der Waals surface area contributed by atoms with Crippen molar-refractivity contribution in [1.29, 1.82) is 0 Å². The summed E-state index contributed by atoms with van der Waals surface area (Å²) in [5.74, 6) is 1.17. The average molecular weight is 397 g/mol. The number of rotatable bonds is 8. The number of anilines is 1. The fraction of sp³-hybridized carbons (Fsp3) is 0.190. The van der Waals surface area contributed by atoms with Crippen LogP contribution in [-0.2, 0) is 13.0 Å². The molecule has 3 rings (SSSR count). The third-order valence-electron chi connectivity index (χ3n) is 4.14. The molecule has 1 amide bonds. The van der Waals surface area contributed by atoms with Gasteiger partial charge in [0.25, 0.3) is 5.91 Å². The topological polar surface area (TPSA) is 76.1 Å². The second kappa shape index (κ2) is 9.71. The molecule has 28 heavy (non-hydrogen) atoms. The number of benzene rings is 2. The molecule has 0 saturated heterocycles. The van der Waals surface area contributed by atoms with Gasteiger partial charge in [-0.2, -0.15) is 0 Å². The fourth-order valence-corrected chi connectivity index (χ4v) is 2.67. The predicted octanol–water partition coefficient (Wildman–Crippen LogP) is 3.72. The van der Waals surface area contributed by atoms with E-state index < -0.39 is 0 Å². The van der Waals surface area contributed by atoms with Gasteiger partial charge in [0.1, 0.15) is 11.6 Å². The van der Waals surface area contributed by atoms with Crippen LogP contribution in [0.1, 0.15) is 21.6 Å². The Hall–Kier alpha value is -3.12. The van der Waals surface area contributed by atoms with Crippen LogP contribution >= 0.6 is 11.6 Å². The zero-order valence-corrected chi connectivity index (χ0v) is 16.2. The monoisotopic (exact) mass is 396 g/mol. The van der Waals surface area contributed by atoms with Gasteiger partial charge in [-0.1, -0.05) is 35.9 Å². The lowest BCUT2D eigenvalue weighted by Crippen LogP contribution is -2.26. The molecule has 2 aromatic carbocycles. The van der Waals surface area contributed by atoms with Gasteiger partial charge in [0, 0.05) is 18.1 Å². The first-order chi connectivity index (χ1) is 13.6. The van der Waals surface area contributed by atoms with E-state index >= 15 is 0 Å². The van der Waals surface area contributed by atoms with Crippen LogP contribution in [0.2, 0.25) is 5.02 Å². The van der Waals surface area contributed by atoms with Crippen LogP contribution in [-0.4, -0.2) is 29.8 Å². The maximum absolute atomic E-state index is 12.2. The van der Waals surface area contributed by atoms with Crippen LogP contribution in [0.15, 0.2) is 60.7 Å². The van der Waals surface area contributed by atoms with Crippen molar-refractivity contribution in [2.24, 2.45) is 0 Å². The highest BCUT2D eigenvalue weighted by molar-refractivity contribution is 6.30. The molecular formula is C21H21ClN4O2. The molecule has 0 fully saturated rings. The summed E-state index contributed by atoms with van der Waals surface area (Å²) in [6, 6.07) is 18.7. The normalized spacial score (nSPS) is 10.4. The molecule has 1 aromatic heterocycles. The van der Waals surface area contributed by atoms with E-state index in [0.717, 1.165) is 23.3 Å². The standard InChI is InChI=1S/C21H21ClN4O2/c1-28-18-8-4-16(5-9-18)14-24-20-11-10-19(25-26-20)21(27)23-13-12-15-2-6-17(22)7-3-15/h2-11H,12-14H2,1H3,(H,23,27)(H,24,26). The van der Waals surface area contributed by atoms with Gasteiger partial charge in [-0.15, -0.1) is 10.2 Å². The summed E-state index contributed by atoms with van der Waals surface area (Å²) in [6.07, 6.45) is 0.720. The lowest BCUT2D eigenvalue weighted by molar-refractivity contribution is 0.0948. The Morgan fingerprint density at radius 3 is 2.32 bits per heavy atom. The van der Waals surface area contributed by atoms with Gasteiger partial charge in [0.15, 0.2) is 5.69 Å². The molecule has 0 radical (unpaired) electrons. The van der Waals surface area contributed by atoms with Crippen LogP contribution in [0.5, 0.6) is 5.75 Å². The summed E-state index contributed by atoms with van der Waals surface area (Å²) in [5.41, 5.74) is 2.48. The van der Waals surface area contributed by atoms with E-state index in [2.05, 4.69) is 20.8 Å². The number of methoxy groups -OCH3 is 1. The summed E-state index contributed by atoms with van der Waals surface area (Å²) in [6.45, 7) is 1.12. The van der Waals surface area contributed by atoms with Crippen molar-refractivity contribution in [3.8, 4) is 5.75 Å². The number of hydrogen-bond donors (Lipinski definition) is 2. The zero-order valence-electron chi connectivity index (χ0n) is 15.5. The first-order valence-electron chi connectivity index (χ1n) is 8.87. The second-order valence-corrected chi connectivity index (χ2v) is 6.57. The lowest BCUT2D eigenvalue weighted by Gasteiger charge is -2.07. The van der Waals surface area contributed by atoms with Crippen LogP contribution in [0.3, 0.4) is 0 Å². The first-order valence-corrected chi connectivity index (χ1v) is 9.25. The molecule has 0 aliphatic rings. The summed E-state index contributed by atoms with van der Waals surface area (Å²) < 4.78 is 5.14. The molecule has 0 unspecified atom stereocenters. The summed E-state index contributed by atoms with van der Waals surface area (Å²) in [5, 5.41) is 14.8. The van der Waals surface area contributed by atoms with Crippen LogP contribution in [0, 0.1) is 0 Å². The fourth-order valence-electron chi connectivity index (χ4n) is 2.55. The Morgan fingerprint density at radius 2 is 1.68 bits per heavy atom. The van der Waals surface area contributed by atoms with Gasteiger partial charge in [-0.05, 0) is 53.9 Å². The third kappa shape index (κ3) is 5.69. The third-order valence-corrected chi connectivity index (χ3v) is 4.39. The van der Waals surface area contributed by atoms with Crippen LogP contribution < -0.4 is 15.4 Å². The van der Waals surface area contributed by atoms with Crippen molar-refractivity contribution >= 4 is 23.3 Å². The van der Waals surface area contributed by atoms with Crippen molar-refractivity contribution in [1.82, 2.24) is 15.5 Å². The quantitative estimate of drug-likeness (QED) is 0.606. The molecule has 7 heteroatoms. The number of nitrogens with zero attached hydrogens (tertiary/aromatic N) is 2. The molecule has 0 atom stereocenters. The second-order valence-electron chi connectivity index (χ2n) is 6.14. The summed E-state index contributed by atoms with van der Waals surface area (Å²) >= 11 is 5.86. The highest BCUT2D eigenvalue weighted by atomic mass is 35.5. The maximum atomic E-state index is 12.2. The molecule has 0 saturated carbocycles. The predicted molar refractivity (Wildman–Crippen MR) is 110 cm³/mol. The van der Waals surface area contributed by atoms with Gasteiger partial charge in [-0.25, -0.2) is 0 Å². The minimum absolute atomic E-state index is 0.247. The molecule has 0 spiro atoms. The smallest absolute Gasteiger partial charge is 0.271 e. The number of carbonyl (C=O) groups excluding carboxylic acids is 1. The number of halogens is 1. The Bertz CT molecular complexity index is 897. The van der Waals surface area contributed by atoms with Crippen molar-refractivity contribution in [2.45, 2.75) is 13.0 Å². The molecule has 3 aromatic rings. The Labute approximate surface area is 168 Å². The van der Waals surface area contributed by atoms with Crippen molar-refractivity contribution < 1.29 is 9.53 Å². The minimum Gasteiger partial charge on any atom is -0.497 e. The minimum atomic E-state index is -0.247. The van der Waals surface area contributed by atoms with E-state index in [-0.39, 0.29) is 11.6 Å². The Kier molecular flexibility index (Phi) is 6.81. The average Bonchev–Trinajstić information content (AvgIpc) is 2.74. The molecular weight excluding hydrogens is 376 g/mol. The molecule has 0 bridgehead atoms. The number of carbonyl (C=O) groups is 1. The zero-order chi connectivity index (χ0) is 19.8. The maximum Gasteiger partial charge on any atom is 0.271 e. The van der Waals surface area contributed by atoms with E-state index in [1.807, 2.05) is 48.5 Å². The van der Waals surface area contributed by atoms with Crippen LogP contribution in [0.4, 0.5) is 5.82 Å². The molecule has 0 aliphatic heterocycles. The number of aromatic nitrogens is 2. The lowest BCUT2D eigenvalue weighted by atomic mass is 10.1. The van der Waals surface area contributed by atoms with Gasteiger partial charge in [0.2, 0.25) is 0 Å². The highest BCUT2D eigenvalue weighted by Gasteiger charge is 2.08. The van der Waals surface area contributed by atoms with E-state index in [9.17, 15) is 4.79 Å². The van der Waals surface area contributed by atoms with Gasteiger partial charge in [-0.3, -0.25) is 4.79 Å². The van der Waals surface area contributed by atoms with E-state index in [0.29, 0.717) is 23.9 Å². The van der Waals surface area contributed by atoms with E-state index in [1.165, 1.54) is 0 Å². The molecule has 6 nitrogen and oxygen atoms in total. The van der Waals surface area contributed by atoms with E-state index in [1.54, 1.807) is 19.2 Å². The number of nitrogens with one attached hydrogen (secondary N) is 2. The molecule has 144 valence electrons. The summed E-state index contributed by atoms with van der Waals surface area (Å²) in [7, 11) is 1.64. The Morgan fingerprint density at radius 1 is 0.964 bits per heavy atom. The van der Waals surface area contributed by atoms with Gasteiger partial charge < -0.3 is 15.4 Å². The number of amides is 1. The van der Waals surface area contributed by atoms with Crippen molar-refractivity contribution in [3.63, 3.8) is 0 Å². The van der Waals surface area contributed by atoms with Crippen molar-refractivity contribution in [3.05, 3.63) is 82.5 Å². The Balaban J connectivity index is 1.46. The van der Waals surface area contributed by atoms with Crippen molar-refractivity contribution in [2.75, 3.05) is 19.0 Å². The molecule has 0 aliphatic carbocycles. The molecule has 2 N–H and O–H groups in total. The number of ether oxygens (including phenoxy) is 1. The number of hydrogen-bond acceptors (Lipinski definition) is 5. The van der Waals surface area contributed by atoms with Crippen LogP contribution in [0.25, 0.3) is 0 Å².